The molecule has 3 unspecified atom stereocenters. The maximum Gasteiger partial charge on any atom is 0.320 e. The van der Waals surface area contributed by atoms with E-state index in [1.807, 2.05) is 6.07 Å². The molecule has 0 bridgehead atoms. The van der Waals surface area contributed by atoms with Gasteiger partial charge in [-0.3, -0.25) is 14.7 Å². The molecule has 6 heteroatoms. The normalized spacial score (nSPS) is 27.4. The lowest BCUT2D eigenvalue weighted by Gasteiger charge is -2.23. The molecule has 2 heterocycles. The van der Waals surface area contributed by atoms with Crippen molar-refractivity contribution in [1.82, 2.24) is 9.88 Å². The summed E-state index contributed by atoms with van der Waals surface area (Å²) < 4.78 is 13.6. The monoisotopic (exact) mass is 343 g/mol. The fourth-order valence-electron chi connectivity index (χ4n) is 4.39. The summed E-state index contributed by atoms with van der Waals surface area (Å²) in [6.07, 6.45) is 3.79. The summed E-state index contributed by atoms with van der Waals surface area (Å²) in [6, 6.07) is 6.47. The van der Waals surface area contributed by atoms with Crippen LogP contribution in [-0.4, -0.2) is 46.1 Å². The molecule has 2 aromatic rings. The summed E-state index contributed by atoms with van der Waals surface area (Å²) in [6.45, 7) is 3.46. The number of nitrogens with one attached hydrogen (secondary N) is 1. The Bertz CT molecular complexity index is 798. The third-order valence-corrected chi connectivity index (χ3v) is 5.75. The molecule has 2 fully saturated rings. The minimum absolute atomic E-state index is 0.259. The van der Waals surface area contributed by atoms with Crippen molar-refractivity contribution in [3.05, 3.63) is 36.3 Å². The van der Waals surface area contributed by atoms with Gasteiger partial charge >= 0.3 is 5.97 Å². The Morgan fingerprint density at radius 3 is 2.72 bits per heavy atom. The molecule has 2 aliphatic rings. The molecule has 2 N–H and O–H groups in total. The van der Waals surface area contributed by atoms with Crippen LogP contribution in [0.25, 0.3) is 10.9 Å². The van der Waals surface area contributed by atoms with Gasteiger partial charge in [0.05, 0.1) is 5.52 Å². The first kappa shape index (κ1) is 16.3. The average molecular weight is 343 g/mol. The molecule has 1 aliphatic carbocycles. The van der Waals surface area contributed by atoms with E-state index in [-0.39, 0.29) is 5.82 Å². The van der Waals surface area contributed by atoms with Crippen LogP contribution in [0.15, 0.2) is 30.5 Å². The van der Waals surface area contributed by atoms with E-state index in [0.29, 0.717) is 17.9 Å². The minimum atomic E-state index is -0.750. The van der Waals surface area contributed by atoms with E-state index in [2.05, 4.69) is 15.2 Å². The number of rotatable bonds is 4. The molecular formula is C19H22FN3O2. The fourth-order valence-corrected chi connectivity index (χ4v) is 4.39. The van der Waals surface area contributed by atoms with Crippen LogP contribution in [0.4, 0.5) is 10.1 Å². The number of carbonyl (C=O) groups is 1. The molecule has 0 amide bonds. The van der Waals surface area contributed by atoms with Gasteiger partial charge in [-0.1, -0.05) is 0 Å². The second kappa shape index (κ2) is 6.26. The smallest absolute Gasteiger partial charge is 0.320 e. The second-order valence-corrected chi connectivity index (χ2v) is 7.32. The van der Waals surface area contributed by atoms with Crippen LogP contribution in [0.5, 0.6) is 0 Å². The van der Waals surface area contributed by atoms with Gasteiger partial charge in [0.2, 0.25) is 0 Å². The SMILES string of the molecule is CC(C(=O)O)N1CC2CC(Nc3ccnc4ccc(F)cc34)CC2C1. The number of carboxylic acid groups (broad SMARTS) is 1. The van der Waals surface area contributed by atoms with E-state index in [9.17, 15) is 14.3 Å². The van der Waals surface area contributed by atoms with Gasteiger partial charge in [0.1, 0.15) is 11.9 Å². The number of carboxylic acids is 1. The Morgan fingerprint density at radius 2 is 2.04 bits per heavy atom. The number of benzene rings is 1. The predicted molar refractivity (Wildman–Crippen MR) is 94.0 cm³/mol. The van der Waals surface area contributed by atoms with Crippen LogP contribution in [0, 0.1) is 17.7 Å². The van der Waals surface area contributed by atoms with Crippen LogP contribution < -0.4 is 5.32 Å². The topological polar surface area (TPSA) is 65.5 Å². The summed E-state index contributed by atoms with van der Waals surface area (Å²) in [5.41, 5.74) is 1.70. The van der Waals surface area contributed by atoms with Gasteiger partial charge in [-0.25, -0.2) is 4.39 Å². The number of nitrogens with zero attached hydrogens (tertiary/aromatic N) is 2. The molecule has 0 radical (unpaired) electrons. The molecule has 1 saturated carbocycles. The number of halogens is 1. The lowest BCUT2D eigenvalue weighted by atomic mass is 10.0. The highest BCUT2D eigenvalue weighted by molar-refractivity contribution is 5.91. The summed E-state index contributed by atoms with van der Waals surface area (Å²) in [7, 11) is 0. The highest BCUT2D eigenvalue weighted by Crippen LogP contribution is 2.40. The van der Waals surface area contributed by atoms with E-state index in [0.717, 1.165) is 42.5 Å². The minimum Gasteiger partial charge on any atom is -0.480 e. The lowest BCUT2D eigenvalue weighted by Crippen LogP contribution is -2.38. The largest absolute Gasteiger partial charge is 0.480 e. The van der Waals surface area contributed by atoms with Gasteiger partial charge in [0, 0.05) is 36.4 Å². The predicted octanol–water partition coefficient (Wildman–Crippen LogP) is 2.97. The van der Waals surface area contributed by atoms with Crippen LogP contribution >= 0.6 is 0 Å². The maximum atomic E-state index is 13.6. The maximum absolute atomic E-state index is 13.6. The van der Waals surface area contributed by atoms with Crippen molar-refractivity contribution >= 4 is 22.6 Å². The average Bonchev–Trinajstić information content (AvgIpc) is 3.13. The number of aliphatic carboxylic acids is 1. The van der Waals surface area contributed by atoms with Gasteiger partial charge < -0.3 is 10.4 Å². The zero-order valence-electron chi connectivity index (χ0n) is 14.2. The van der Waals surface area contributed by atoms with Gasteiger partial charge in [-0.05, 0) is 55.9 Å². The van der Waals surface area contributed by atoms with Crippen molar-refractivity contribution in [2.75, 3.05) is 18.4 Å². The number of anilines is 1. The third-order valence-electron chi connectivity index (χ3n) is 5.75. The van der Waals surface area contributed by atoms with E-state index in [1.54, 1.807) is 19.2 Å². The first-order valence-corrected chi connectivity index (χ1v) is 8.79. The van der Waals surface area contributed by atoms with Gasteiger partial charge in [-0.2, -0.15) is 0 Å². The molecule has 5 nitrogen and oxygen atoms in total. The zero-order valence-corrected chi connectivity index (χ0v) is 14.2. The Hall–Kier alpha value is -2.21. The van der Waals surface area contributed by atoms with Crippen LogP contribution in [0.1, 0.15) is 19.8 Å². The molecule has 1 aromatic carbocycles. The molecule has 1 aliphatic heterocycles. The number of hydrogen-bond acceptors (Lipinski definition) is 4. The van der Waals surface area contributed by atoms with Crippen LogP contribution in [0.2, 0.25) is 0 Å². The molecule has 0 spiro atoms. The standard InChI is InChI=1S/C19H22FN3O2/c1-11(19(24)25)23-9-12-6-15(7-13(12)10-23)22-18-4-5-21-17-3-2-14(20)8-16(17)18/h2-5,8,11-13,15H,6-7,9-10H2,1H3,(H,21,22)(H,24,25). The van der Waals surface area contributed by atoms with Crippen LogP contribution in [0.3, 0.4) is 0 Å². The fraction of sp³-hybridized carbons (Fsp3) is 0.474. The van der Waals surface area contributed by atoms with E-state index in [4.69, 9.17) is 0 Å². The summed E-state index contributed by atoms with van der Waals surface area (Å²) >= 11 is 0. The Balaban J connectivity index is 1.45. The summed E-state index contributed by atoms with van der Waals surface area (Å²) in [5, 5.41) is 13.6. The second-order valence-electron chi connectivity index (χ2n) is 7.32. The first-order chi connectivity index (χ1) is 12.0. The number of pyridine rings is 1. The molecule has 4 rings (SSSR count). The molecule has 3 atom stereocenters. The van der Waals surface area contributed by atoms with Crippen molar-refractivity contribution in [3.63, 3.8) is 0 Å². The third kappa shape index (κ3) is 3.06. The van der Waals surface area contributed by atoms with Crippen molar-refractivity contribution in [3.8, 4) is 0 Å². The number of likely N-dealkylation sites (tertiary alicyclic amines) is 1. The van der Waals surface area contributed by atoms with Crippen molar-refractivity contribution in [2.45, 2.75) is 31.8 Å². The Labute approximate surface area is 145 Å². The Kier molecular flexibility index (Phi) is 4.07. The summed E-state index contributed by atoms with van der Waals surface area (Å²) in [5.74, 6) is 0.0540. The van der Waals surface area contributed by atoms with E-state index < -0.39 is 12.0 Å². The molecule has 1 aromatic heterocycles. The number of hydrogen-bond donors (Lipinski definition) is 2. The highest BCUT2D eigenvalue weighted by atomic mass is 19.1. The van der Waals surface area contributed by atoms with E-state index >= 15 is 0 Å². The Morgan fingerprint density at radius 1 is 1.32 bits per heavy atom. The highest BCUT2D eigenvalue weighted by Gasteiger charge is 2.43. The lowest BCUT2D eigenvalue weighted by molar-refractivity contribution is -0.142. The molecular weight excluding hydrogens is 321 g/mol. The van der Waals surface area contributed by atoms with Crippen molar-refractivity contribution < 1.29 is 14.3 Å². The van der Waals surface area contributed by atoms with Gasteiger partial charge in [0.25, 0.3) is 0 Å². The summed E-state index contributed by atoms with van der Waals surface area (Å²) in [4.78, 5) is 17.5. The van der Waals surface area contributed by atoms with Crippen LogP contribution in [-0.2, 0) is 4.79 Å². The van der Waals surface area contributed by atoms with Gasteiger partial charge in [0.15, 0.2) is 0 Å². The molecule has 25 heavy (non-hydrogen) atoms. The molecule has 1 saturated heterocycles. The van der Waals surface area contributed by atoms with Crippen molar-refractivity contribution in [1.29, 1.82) is 0 Å². The zero-order chi connectivity index (χ0) is 17.6. The quantitative estimate of drug-likeness (QED) is 0.893. The first-order valence-electron chi connectivity index (χ1n) is 8.79. The molecule has 132 valence electrons. The van der Waals surface area contributed by atoms with Crippen molar-refractivity contribution in [2.24, 2.45) is 11.8 Å². The van der Waals surface area contributed by atoms with E-state index in [1.165, 1.54) is 12.1 Å². The number of fused-ring (bicyclic) bond motifs is 2. The van der Waals surface area contributed by atoms with Gasteiger partial charge in [-0.15, -0.1) is 0 Å². The number of aromatic nitrogens is 1.